The number of rotatable bonds is 5. The molecule has 0 unspecified atom stereocenters. The fraction of sp³-hybridized carbons (Fsp3) is 0.176. The summed E-state index contributed by atoms with van der Waals surface area (Å²) in [5.41, 5.74) is 0.949. The zero-order chi connectivity index (χ0) is 19.4. The van der Waals surface area contributed by atoms with Crippen LogP contribution in [0.3, 0.4) is 0 Å². The molecule has 2 aromatic rings. The highest BCUT2D eigenvalue weighted by Crippen LogP contribution is 2.30. The maximum Gasteiger partial charge on any atom is 0.547 e. The number of benzene rings is 1. The number of para-hydroxylation sites is 1. The molecular weight excluding hydrogens is 353 g/mol. The van der Waals surface area contributed by atoms with Crippen molar-refractivity contribution in [2.45, 2.75) is 12.4 Å². The van der Waals surface area contributed by atoms with E-state index in [4.69, 9.17) is 9.49 Å². The van der Waals surface area contributed by atoms with Crippen LogP contribution in [0.5, 0.6) is 5.75 Å². The largest absolute Gasteiger partial charge is 0.547 e. The van der Waals surface area contributed by atoms with Gasteiger partial charge in [0.1, 0.15) is 12.9 Å². The van der Waals surface area contributed by atoms with E-state index in [1.54, 1.807) is 30.5 Å². The highest BCUT2D eigenvalue weighted by atomic mass is 16.6. The lowest BCUT2D eigenvalue weighted by molar-refractivity contribution is -0.115. The molecule has 1 amide bonds. The summed E-state index contributed by atoms with van der Waals surface area (Å²) in [4.78, 5) is 32.6. The second kappa shape index (κ2) is 7.87. The highest BCUT2D eigenvalue weighted by Gasteiger charge is 2.38. The molecule has 1 aliphatic rings. The van der Waals surface area contributed by atoms with Crippen molar-refractivity contribution >= 4 is 24.7 Å². The summed E-state index contributed by atoms with van der Waals surface area (Å²) in [6.07, 6.45) is 3.21. The van der Waals surface area contributed by atoms with E-state index in [9.17, 15) is 19.7 Å². The van der Waals surface area contributed by atoms with Gasteiger partial charge in [0.05, 0.1) is 11.5 Å². The maximum absolute atomic E-state index is 12.6. The SMILES string of the molecule is CO/N=C(/C(=O)N[C@H]1Cc2cccc(C(=O)O)c2OB1O)c1cccnc1. The first-order valence-corrected chi connectivity index (χ1v) is 8.03. The molecule has 1 aromatic heterocycles. The number of oxime groups is 1. The first-order chi connectivity index (χ1) is 13.0. The number of nitrogens with one attached hydrogen (secondary N) is 1. The van der Waals surface area contributed by atoms with Crippen molar-refractivity contribution in [1.29, 1.82) is 0 Å². The van der Waals surface area contributed by atoms with E-state index in [0.717, 1.165) is 0 Å². The van der Waals surface area contributed by atoms with Crippen LogP contribution in [-0.4, -0.2) is 52.9 Å². The summed E-state index contributed by atoms with van der Waals surface area (Å²) < 4.78 is 5.36. The summed E-state index contributed by atoms with van der Waals surface area (Å²) >= 11 is 0. The number of nitrogens with zero attached hydrogens (tertiary/aromatic N) is 2. The van der Waals surface area contributed by atoms with Crippen LogP contribution in [0.1, 0.15) is 21.5 Å². The van der Waals surface area contributed by atoms with Crippen LogP contribution in [0, 0.1) is 0 Å². The Bertz CT molecular complexity index is 889. The van der Waals surface area contributed by atoms with Gasteiger partial charge in [0.2, 0.25) is 0 Å². The van der Waals surface area contributed by atoms with Gasteiger partial charge in [-0.3, -0.25) is 9.78 Å². The molecule has 0 spiro atoms. The lowest BCUT2D eigenvalue weighted by atomic mass is 9.72. The number of carbonyl (C=O) groups excluding carboxylic acids is 1. The molecule has 0 aliphatic carbocycles. The van der Waals surface area contributed by atoms with Crippen LogP contribution < -0.4 is 9.97 Å². The second-order valence-electron chi connectivity index (χ2n) is 5.76. The fourth-order valence-electron chi connectivity index (χ4n) is 2.77. The lowest BCUT2D eigenvalue weighted by Crippen LogP contribution is -2.54. The lowest BCUT2D eigenvalue weighted by Gasteiger charge is -2.28. The van der Waals surface area contributed by atoms with Gasteiger partial charge >= 0.3 is 13.1 Å². The van der Waals surface area contributed by atoms with Crippen molar-refractivity contribution in [1.82, 2.24) is 10.3 Å². The smallest absolute Gasteiger partial charge is 0.534 e. The Morgan fingerprint density at radius 2 is 2.19 bits per heavy atom. The Balaban J connectivity index is 1.82. The van der Waals surface area contributed by atoms with Gasteiger partial charge in [0.25, 0.3) is 5.91 Å². The number of carbonyl (C=O) groups is 2. The Morgan fingerprint density at radius 1 is 1.37 bits per heavy atom. The van der Waals surface area contributed by atoms with Crippen LogP contribution in [0.2, 0.25) is 0 Å². The van der Waals surface area contributed by atoms with E-state index in [0.29, 0.717) is 11.1 Å². The number of carboxylic acid groups (broad SMARTS) is 1. The predicted molar refractivity (Wildman–Crippen MR) is 95.4 cm³/mol. The first-order valence-electron chi connectivity index (χ1n) is 8.03. The third-order valence-electron chi connectivity index (χ3n) is 4.00. The van der Waals surface area contributed by atoms with Crippen molar-refractivity contribution in [2.24, 2.45) is 5.16 Å². The maximum atomic E-state index is 12.6. The molecule has 1 aromatic carbocycles. The third kappa shape index (κ3) is 3.90. The summed E-state index contributed by atoms with van der Waals surface area (Å²) in [7, 11) is -0.106. The van der Waals surface area contributed by atoms with Crippen molar-refractivity contribution in [3.8, 4) is 5.75 Å². The summed E-state index contributed by atoms with van der Waals surface area (Å²) in [5, 5.41) is 25.8. The Labute approximate surface area is 154 Å². The van der Waals surface area contributed by atoms with Crippen molar-refractivity contribution in [2.75, 3.05) is 7.11 Å². The van der Waals surface area contributed by atoms with Crippen molar-refractivity contribution in [3.05, 3.63) is 59.4 Å². The average Bonchev–Trinajstić information content (AvgIpc) is 2.66. The predicted octanol–water partition coefficient (Wildman–Crippen LogP) is 0.270. The van der Waals surface area contributed by atoms with E-state index >= 15 is 0 Å². The fourth-order valence-corrected chi connectivity index (χ4v) is 2.77. The van der Waals surface area contributed by atoms with Crippen LogP contribution in [0.15, 0.2) is 47.9 Å². The quantitative estimate of drug-likeness (QED) is 0.392. The molecule has 10 heteroatoms. The molecule has 9 nitrogen and oxygen atoms in total. The molecule has 0 radical (unpaired) electrons. The number of carboxylic acids is 1. The Hall–Kier alpha value is -3.40. The summed E-state index contributed by atoms with van der Waals surface area (Å²) in [5.74, 6) is -2.45. The topological polar surface area (TPSA) is 130 Å². The molecule has 3 rings (SSSR count). The minimum absolute atomic E-state index is 0.0112. The summed E-state index contributed by atoms with van der Waals surface area (Å²) in [6.45, 7) is 0. The van der Waals surface area contributed by atoms with Crippen LogP contribution >= 0.6 is 0 Å². The molecule has 0 saturated carbocycles. The molecule has 0 bridgehead atoms. The number of hydrogen-bond donors (Lipinski definition) is 3. The molecule has 27 heavy (non-hydrogen) atoms. The van der Waals surface area contributed by atoms with E-state index in [1.807, 2.05) is 0 Å². The number of aromatic nitrogens is 1. The van der Waals surface area contributed by atoms with Gasteiger partial charge < -0.3 is 24.9 Å². The number of hydrogen-bond acceptors (Lipinski definition) is 7. The van der Waals surface area contributed by atoms with Gasteiger partial charge in [-0.1, -0.05) is 17.3 Å². The highest BCUT2D eigenvalue weighted by molar-refractivity contribution is 6.50. The van der Waals surface area contributed by atoms with Gasteiger partial charge in [0, 0.05) is 18.0 Å². The van der Waals surface area contributed by atoms with Gasteiger partial charge in [0.15, 0.2) is 5.71 Å². The van der Waals surface area contributed by atoms with E-state index in [2.05, 4.69) is 15.5 Å². The molecule has 138 valence electrons. The first kappa shape index (κ1) is 18.4. The zero-order valence-electron chi connectivity index (χ0n) is 14.3. The minimum atomic E-state index is -1.42. The Morgan fingerprint density at radius 3 is 2.85 bits per heavy atom. The molecule has 3 N–H and O–H groups in total. The normalized spacial score (nSPS) is 16.1. The number of pyridine rings is 1. The minimum Gasteiger partial charge on any atom is -0.534 e. The van der Waals surface area contributed by atoms with Crippen LogP contribution in [0.25, 0.3) is 0 Å². The molecule has 1 aliphatic heterocycles. The monoisotopic (exact) mass is 369 g/mol. The van der Waals surface area contributed by atoms with E-state index in [-0.39, 0.29) is 23.4 Å². The molecular formula is C17H16BN3O6. The summed E-state index contributed by atoms with van der Waals surface area (Å²) in [6, 6.07) is 7.94. The zero-order valence-corrected chi connectivity index (χ0v) is 14.3. The molecule has 0 saturated heterocycles. The average molecular weight is 369 g/mol. The third-order valence-corrected chi connectivity index (χ3v) is 4.00. The van der Waals surface area contributed by atoms with E-state index < -0.39 is 24.9 Å². The van der Waals surface area contributed by atoms with Gasteiger partial charge in [-0.05, 0) is 30.2 Å². The second-order valence-corrected chi connectivity index (χ2v) is 5.76. The number of amides is 1. The number of aromatic carboxylic acids is 1. The van der Waals surface area contributed by atoms with Crippen molar-refractivity contribution < 1.29 is 29.2 Å². The van der Waals surface area contributed by atoms with Crippen molar-refractivity contribution in [3.63, 3.8) is 0 Å². The van der Waals surface area contributed by atoms with E-state index in [1.165, 1.54) is 19.4 Å². The van der Waals surface area contributed by atoms with Gasteiger partial charge in [-0.25, -0.2) is 4.79 Å². The molecule has 0 fully saturated rings. The van der Waals surface area contributed by atoms with Gasteiger partial charge in [-0.2, -0.15) is 0 Å². The molecule has 1 atom stereocenters. The van der Waals surface area contributed by atoms with Crippen LogP contribution in [-0.2, 0) is 16.1 Å². The van der Waals surface area contributed by atoms with Gasteiger partial charge in [-0.15, -0.1) is 0 Å². The Kier molecular flexibility index (Phi) is 5.37. The van der Waals surface area contributed by atoms with Crippen LogP contribution in [0.4, 0.5) is 0 Å². The number of fused-ring (bicyclic) bond motifs is 1. The standard InChI is InChI=1S/C17H16BN3O6/c1-26-21-14(11-5-3-7-19-9-11)16(22)20-13-8-10-4-2-6-12(17(23)24)15(10)27-18(13)25/h2-7,9,13,25H,8H2,1H3,(H,20,22)(H,23,24)/b21-14+/t13-/m0/s1. The molecule has 2 heterocycles.